The number of nitrogens with zero attached hydrogens (tertiary/aromatic N) is 4. The summed E-state index contributed by atoms with van der Waals surface area (Å²) in [5.41, 5.74) is 0.798. The molecule has 2 saturated heterocycles. The molecule has 2 N–H and O–H groups in total. The molecule has 10 nitrogen and oxygen atoms in total. The number of carbonyl (C=O) groups excluding carboxylic acids is 2. The van der Waals surface area contributed by atoms with Crippen molar-refractivity contribution >= 4 is 17.8 Å². The number of aryl methyl sites for hydroxylation is 1. The number of H-pyrrole nitrogens is 1. The maximum Gasteiger partial charge on any atom is 0.255 e. The molecule has 0 unspecified atom stereocenters. The van der Waals surface area contributed by atoms with Crippen molar-refractivity contribution in [3.05, 3.63) is 21.6 Å². The molecule has 2 fully saturated rings. The van der Waals surface area contributed by atoms with Gasteiger partial charge in [0, 0.05) is 62.5 Å². The predicted molar refractivity (Wildman–Crippen MR) is 122 cm³/mol. The monoisotopic (exact) mass is 448 g/mol. The summed E-state index contributed by atoms with van der Waals surface area (Å²) in [6, 6.07) is 0. The van der Waals surface area contributed by atoms with Gasteiger partial charge in [-0.15, -0.1) is 0 Å². The normalized spacial score (nSPS) is 18.0. The van der Waals surface area contributed by atoms with E-state index < -0.39 is 0 Å². The third kappa shape index (κ3) is 6.77. The minimum Gasteiger partial charge on any atom is -0.378 e. The van der Waals surface area contributed by atoms with Crippen LogP contribution >= 0.6 is 0 Å². The van der Waals surface area contributed by atoms with E-state index in [-0.39, 0.29) is 29.3 Å². The fourth-order valence-electron chi connectivity index (χ4n) is 4.02. The van der Waals surface area contributed by atoms with Gasteiger partial charge in [-0.1, -0.05) is 0 Å². The van der Waals surface area contributed by atoms with Gasteiger partial charge >= 0.3 is 0 Å². The lowest BCUT2D eigenvalue weighted by Crippen LogP contribution is -2.52. The zero-order valence-corrected chi connectivity index (χ0v) is 19.7. The second kappa shape index (κ2) is 10.4. The van der Waals surface area contributed by atoms with Crippen LogP contribution in [-0.4, -0.2) is 96.1 Å². The largest absolute Gasteiger partial charge is 0.378 e. The first-order valence-electron chi connectivity index (χ1n) is 11.4. The molecule has 32 heavy (non-hydrogen) atoms. The van der Waals surface area contributed by atoms with Gasteiger partial charge in [0.1, 0.15) is 0 Å². The first-order chi connectivity index (χ1) is 15.1. The zero-order valence-electron chi connectivity index (χ0n) is 19.7. The van der Waals surface area contributed by atoms with Crippen molar-refractivity contribution in [2.45, 2.75) is 46.1 Å². The van der Waals surface area contributed by atoms with Crippen molar-refractivity contribution in [1.29, 1.82) is 0 Å². The second-order valence-corrected chi connectivity index (χ2v) is 9.51. The summed E-state index contributed by atoms with van der Waals surface area (Å²) in [7, 11) is 0. The Morgan fingerprint density at radius 3 is 2.34 bits per heavy atom. The summed E-state index contributed by atoms with van der Waals surface area (Å²) < 4.78 is 5.35. The van der Waals surface area contributed by atoms with Crippen LogP contribution in [0.2, 0.25) is 0 Å². The smallest absolute Gasteiger partial charge is 0.255 e. The molecular weight excluding hydrogens is 412 g/mol. The zero-order chi connectivity index (χ0) is 23.3. The van der Waals surface area contributed by atoms with Gasteiger partial charge in [0.15, 0.2) is 0 Å². The number of ether oxygens (including phenoxy) is 1. The number of aromatic amines is 1. The number of nitrogens with one attached hydrogen (secondary N) is 2. The molecule has 1 aromatic rings. The van der Waals surface area contributed by atoms with E-state index in [1.165, 1.54) is 0 Å². The molecule has 2 aliphatic heterocycles. The van der Waals surface area contributed by atoms with E-state index in [0.29, 0.717) is 82.7 Å². The Hall–Kier alpha value is -2.46. The van der Waals surface area contributed by atoms with E-state index >= 15 is 0 Å². The molecule has 0 spiro atoms. The van der Waals surface area contributed by atoms with Gasteiger partial charge in [-0.05, 0) is 34.1 Å². The Bertz CT molecular complexity index is 864. The molecule has 2 amide bonds. The van der Waals surface area contributed by atoms with E-state index in [1.807, 2.05) is 37.5 Å². The van der Waals surface area contributed by atoms with Crippen LogP contribution in [0.3, 0.4) is 0 Å². The Morgan fingerprint density at radius 1 is 1.09 bits per heavy atom. The molecule has 0 atom stereocenters. The van der Waals surface area contributed by atoms with Gasteiger partial charge in [-0.25, -0.2) is 4.98 Å². The van der Waals surface area contributed by atoms with Crippen LogP contribution in [0.5, 0.6) is 0 Å². The number of amides is 2. The van der Waals surface area contributed by atoms with Crippen LogP contribution in [0.1, 0.15) is 38.4 Å². The Kier molecular flexibility index (Phi) is 7.89. The average Bonchev–Trinajstić information content (AvgIpc) is 2.72. The van der Waals surface area contributed by atoms with Crippen molar-refractivity contribution < 1.29 is 14.3 Å². The molecule has 3 rings (SSSR count). The van der Waals surface area contributed by atoms with Crippen molar-refractivity contribution in [3.8, 4) is 0 Å². The number of rotatable bonds is 6. The molecule has 0 aromatic carbocycles. The number of morpholine rings is 1. The van der Waals surface area contributed by atoms with Gasteiger partial charge in [-0.2, -0.15) is 0 Å². The van der Waals surface area contributed by atoms with Crippen molar-refractivity contribution in [2.75, 3.05) is 63.9 Å². The molecule has 10 heteroatoms. The summed E-state index contributed by atoms with van der Waals surface area (Å²) >= 11 is 0. The number of carbonyl (C=O) groups is 2. The summed E-state index contributed by atoms with van der Waals surface area (Å²) in [5.74, 6) is 0.595. The Balaban J connectivity index is 1.48. The molecule has 1 aromatic heterocycles. The fraction of sp³-hybridized carbons (Fsp3) is 0.727. The van der Waals surface area contributed by atoms with Crippen LogP contribution < -0.4 is 15.8 Å². The van der Waals surface area contributed by atoms with Gasteiger partial charge < -0.3 is 19.9 Å². The number of hydrogen-bond acceptors (Lipinski definition) is 7. The summed E-state index contributed by atoms with van der Waals surface area (Å²) in [4.78, 5) is 50.7. The standard InChI is InChI=1S/C22H36N6O4/c1-16-17(20(31)24-21(23-16)28-11-13-32-14-12-28)5-6-19(30)27-9-7-26(8-10-27)15-18(29)25-22(2,3)4/h5-15H2,1-4H3,(H,25,29)(H,23,24,31). The van der Waals surface area contributed by atoms with Crippen LogP contribution in [0.4, 0.5) is 5.95 Å². The third-order valence-corrected chi connectivity index (χ3v) is 5.72. The minimum absolute atomic E-state index is 0.00000280. The quantitative estimate of drug-likeness (QED) is 0.626. The van der Waals surface area contributed by atoms with Crippen molar-refractivity contribution in [1.82, 2.24) is 25.1 Å². The number of aromatic nitrogens is 2. The molecule has 0 radical (unpaired) electrons. The molecule has 0 saturated carbocycles. The number of hydrogen-bond donors (Lipinski definition) is 2. The molecule has 0 aliphatic carbocycles. The number of anilines is 1. The Labute approximate surface area is 189 Å². The van der Waals surface area contributed by atoms with Gasteiger partial charge in [0.25, 0.3) is 5.56 Å². The maximum absolute atomic E-state index is 12.7. The number of piperazine rings is 1. The highest BCUT2D eigenvalue weighted by Gasteiger charge is 2.24. The highest BCUT2D eigenvalue weighted by Crippen LogP contribution is 2.12. The average molecular weight is 449 g/mol. The van der Waals surface area contributed by atoms with E-state index in [2.05, 4.69) is 20.2 Å². The lowest BCUT2D eigenvalue weighted by Gasteiger charge is -2.35. The van der Waals surface area contributed by atoms with E-state index in [9.17, 15) is 14.4 Å². The highest BCUT2D eigenvalue weighted by atomic mass is 16.5. The van der Waals surface area contributed by atoms with Crippen LogP contribution in [0, 0.1) is 6.92 Å². The van der Waals surface area contributed by atoms with E-state index in [0.717, 1.165) is 0 Å². The topological polar surface area (TPSA) is 111 Å². The van der Waals surface area contributed by atoms with Gasteiger partial charge in [0.05, 0.1) is 19.8 Å². The minimum atomic E-state index is -0.250. The Morgan fingerprint density at radius 2 is 1.75 bits per heavy atom. The summed E-state index contributed by atoms with van der Waals surface area (Å²) in [6.07, 6.45) is 0.637. The summed E-state index contributed by atoms with van der Waals surface area (Å²) in [6.45, 7) is 13.2. The van der Waals surface area contributed by atoms with Crippen LogP contribution in [0.25, 0.3) is 0 Å². The van der Waals surface area contributed by atoms with Crippen LogP contribution in [-0.2, 0) is 20.7 Å². The van der Waals surface area contributed by atoms with Crippen molar-refractivity contribution in [2.24, 2.45) is 0 Å². The van der Waals surface area contributed by atoms with E-state index in [4.69, 9.17) is 4.74 Å². The molecular formula is C22H36N6O4. The molecule has 2 aliphatic rings. The maximum atomic E-state index is 12.7. The fourth-order valence-corrected chi connectivity index (χ4v) is 4.02. The molecule has 178 valence electrons. The first kappa shape index (κ1) is 24.2. The molecule has 0 bridgehead atoms. The second-order valence-electron chi connectivity index (χ2n) is 9.51. The highest BCUT2D eigenvalue weighted by molar-refractivity contribution is 5.79. The lowest BCUT2D eigenvalue weighted by atomic mass is 10.1. The third-order valence-electron chi connectivity index (χ3n) is 5.72. The van der Waals surface area contributed by atoms with Gasteiger partial charge in [-0.3, -0.25) is 24.3 Å². The van der Waals surface area contributed by atoms with Crippen molar-refractivity contribution in [3.63, 3.8) is 0 Å². The van der Waals surface area contributed by atoms with E-state index in [1.54, 1.807) is 0 Å². The summed E-state index contributed by atoms with van der Waals surface area (Å²) in [5, 5.41) is 2.97. The SMILES string of the molecule is Cc1nc(N2CCOCC2)[nH]c(=O)c1CCC(=O)N1CCN(CC(=O)NC(C)(C)C)CC1. The van der Waals surface area contributed by atoms with Gasteiger partial charge in [0.2, 0.25) is 17.8 Å². The first-order valence-corrected chi connectivity index (χ1v) is 11.4. The van der Waals surface area contributed by atoms with Crippen LogP contribution in [0.15, 0.2) is 4.79 Å². The molecule has 3 heterocycles. The lowest BCUT2D eigenvalue weighted by molar-refractivity contribution is -0.133. The predicted octanol–water partition coefficient (Wildman–Crippen LogP) is -0.0936.